The first-order valence-electron chi connectivity index (χ1n) is 7.49. The standard InChI is InChI=1S/C14H24N4O3/c1-3-11(12(19)21-2)17-13(20)14(9-10-16-18-15)7-5-4-6-8-14/h11H,3-10H2,1-2H3,(H,17,20). The van der Waals surface area contributed by atoms with Crippen LogP contribution in [-0.4, -0.2) is 31.6 Å². The van der Waals surface area contributed by atoms with Crippen LogP contribution in [0.3, 0.4) is 0 Å². The van der Waals surface area contributed by atoms with E-state index < -0.39 is 17.4 Å². The number of carbonyl (C=O) groups is 2. The van der Waals surface area contributed by atoms with Crippen molar-refractivity contribution in [2.45, 2.75) is 57.9 Å². The molecule has 1 rings (SSSR count). The summed E-state index contributed by atoms with van der Waals surface area (Å²) in [6, 6.07) is -0.610. The predicted octanol–water partition coefficient (Wildman–Crippen LogP) is 2.71. The highest BCUT2D eigenvalue weighted by molar-refractivity contribution is 5.88. The summed E-state index contributed by atoms with van der Waals surface area (Å²) in [5.74, 6) is -0.542. The second-order valence-electron chi connectivity index (χ2n) is 5.50. The fourth-order valence-electron chi connectivity index (χ4n) is 2.91. The van der Waals surface area contributed by atoms with Crippen LogP contribution in [-0.2, 0) is 14.3 Å². The monoisotopic (exact) mass is 296 g/mol. The SMILES string of the molecule is CCC(NC(=O)C1(CCN=[N+]=[N-])CCCCC1)C(=O)OC. The van der Waals surface area contributed by atoms with Gasteiger partial charge in [0, 0.05) is 16.9 Å². The van der Waals surface area contributed by atoms with Crippen molar-refractivity contribution in [1.82, 2.24) is 5.32 Å². The summed E-state index contributed by atoms with van der Waals surface area (Å²) >= 11 is 0. The number of amides is 1. The van der Waals surface area contributed by atoms with Crippen LogP contribution in [0.5, 0.6) is 0 Å². The lowest BCUT2D eigenvalue weighted by Gasteiger charge is -2.36. The maximum absolute atomic E-state index is 12.7. The number of esters is 1. The lowest BCUT2D eigenvalue weighted by Crippen LogP contribution is -2.49. The summed E-state index contributed by atoms with van der Waals surface area (Å²) in [4.78, 5) is 27.0. The third kappa shape index (κ3) is 4.63. The van der Waals surface area contributed by atoms with Crippen molar-refractivity contribution in [3.8, 4) is 0 Å². The molecule has 0 aromatic heterocycles. The van der Waals surface area contributed by atoms with Crippen molar-refractivity contribution in [2.75, 3.05) is 13.7 Å². The van der Waals surface area contributed by atoms with E-state index in [4.69, 9.17) is 10.3 Å². The molecule has 0 aromatic carbocycles. The van der Waals surface area contributed by atoms with Crippen molar-refractivity contribution < 1.29 is 14.3 Å². The van der Waals surface area contributed by atoms with E-state index in [1.54, 1.807) is 0 Å². The third-order valence-electron chi connectivity index (χ3n) is 4.25. The lowest BCUT2D eigenvalue weighted by molar-refractivity contribution is -0.147. The van der Waals surface area contributed by atoms with Crippen LogP contribution in [0.25, 0.3) is 10.4 Å². The molecule has 1 amide bonds. The zero-order chi connectivity index (χ0) is 15.7. The fourth-order valence-corrected chi connectivity index (χ4v) is 2.91. The number of hydrogen-bond donors (Lipinski definition) is 1. The smallest absolute Gasteiger partial charge is 0.328 e. The van der Waals surface area contributed by atoms with E-state index in [1.165, 1.54) is 7.11 Å². The summed E-state index contributed by atoms with van der Waals surface area (Å²) in [6.07, 6.45) is 5.66. The number of azide groups is 1. The molecular weight excluding hydrogens is 272 g/mol. The van der Waals surface area contributed by atoms with Gasteiger partial charge in [-0.1, -0.05) is 31.3 Å². The molecule has 21 heavy (non-hydrogen) atoms. The molecule has 0 saturated heterocycles. The molecule has 0 bridgehead atoms. The minimum atomic E-state index is -0.610. The van der Waals surface area contributed by atoms with E-state index in [0.717, 1.165) is 32.1 Å². The molecule has 1 unspecified atom stereocenters. The van der Waals surface area contributed by atoms with E-state index in [1.807, 2.05) is 6.92 Å². The minimum absolute atomic E-state index is 0.118. The maximum Gasteiger partial charge on any atom is 0.328 e. The first-order valence-corrected chi connectivity index (χ1v) is 7.49. The predicted molar refractivity (Wildman–Crippen MR) is 78.4 cm³/mol. The van der Waals surface area contributed by atoms with Crippen molar-refractivity contribution in [3.05, 3.63) is 10.4 Å². The number of methoxy groups -OCH3 is 1. The Hall–Kier alpha value is -1.75. The quantitative estimate of drug-likeness (QED) is 0.338. The van der Waals surface area contributed by atoms with Crippen molar-refractivity contribution >= 4 is 11.9 Å². The highest BCUT2D eigenvalue weighted by Gasteiger charge is 2.40. The summed E-state index contributed by atoms with van der Waals surface area (Å²) < 4.78 is 4.70. The van der Waals surface area contributed by atoms with Crippen LogP contribution >= 0.6 is 0 Å². The lowest BCUT2D eigenvalue weighted by atomic mass is 9.71. The van der Waals surface area contributed by atoms with Crippen LogP contribution < -0.4 is 5.32 Å². The van der Waals surface area contributed by atoms with Crippen LogP contribution in [0.2, 0.25) is 0 Å². The number of nitrogens with zero attached hydrogens (tertiary/aromatic N) is 3. The average Bonchev–Trinajstić information content (AvgIpc) is 2.52. The van der Waals surface area contributed by atoms with Crippen LogP contribution in [0.1, 0.15) is 51.9 Å². The Labute approximate surface area is 125 Å². The van der Waals surface area contributed by atoms with Crippen molar-refractivity contribution in [3.63, 3.8) is 0 Å². The van der Waals surface area contributed by atoms with E-state index in [9.17, 15) is 9.59 Å². The second-order valence-corrected chi connectivity index (χ2v) is 5.50. The topological polar surface area (TPSA) is 104 Å². The van der Waals surface area contributed by atoms with Gasteiger partial charge >= 0.3 is 5.97 Å². The number of ether oxygens (including phenoxy) is 1. The molecule has 1 aliphatic rings. The molecule has 0 aromatic rings. The van der Waals surface area contributed by atoms with E-state index in [2.05, 4.69) is 15.3 Å². The third-order valence-corrected chi connectivity index (χ3v) is 4.25. The van der Waals surface area contributed by atoms with Gasteiger partial charge in [-0.2, -0.15) is 0 Å². The molecule has 7 heteroatoms. The second kappa shape index (κ2) is 8.52. The largest absolute Gasteiger partial charge is 0.467 e. The Bertz CT molecular complexity index is 412. The molecule has 1 aliphatic carbocycles. The summed E-state index contributed by atoms with van der Waals surface area (Å²) in [5.41, 5.74) is 7.88. The van der Waals surface area contributed by atoms with Crippen LogP contribution in [0.15, 0.2) is 5.11 Å². The molecule has 1 fully saturated rings. The first kappa shape index (κ1) is 17.3. The molecule has 0 spiro atoms. The zero-order valence-electron chi connectivity index (χ0n) is 12.8. The van der Waals surface area contributed by atoms with Crippen molar-refractivity contribution in [2.24, 2.45) is 10.5 Å². The maximum atomic E-state index is 12.7. The summed E-state index contributed by atoms with van der Waals surface area (Å²) in [5, 5.41) is 6.36. The molecular formula is C14H24N4O3. The van der Waals surface area contributed by atoms with Gasteiger partial charge < -0.3 is 10.1 Å². The van der Waals surface area contributed by atoms with Crippen LogP contribution in [0.4, 0.5) is 0 Å². The van der Waals surface area contributed by atoms with Gasteiger partial charge in [-0.25, -0.2) is 4.79 Å². The Balaban J connectivity index is 2.79. The number of nitrogens with one attached hydrogen (secondary N) is 1. The number of carbonyl (C=O) groups excluding carboxylic acids is 2. The van der Waals surface area contributed by atoms with Crippen LogP contribution in [0, 0.1) is 5.41 Å². The van der Waals surface area contributed by atoms with E-state index in [0.29, 0.717) is 19.4 Å². The molecule has 1 atom stereocenters. The van der Waals surface area contributed by atoms with Gasteiger partial charge in [-0.3, -0.25) is 4.79 Å². The average molecular weight is 296 g/mol. The molecule has 0 heterocycles. The Morgan fingerprint density at radius 1 is 1.38 bits per heavy atom. The Morgan fingerprint density at radius 3 is 2.57 bits per heavy atom. The molecule has 7 nitrogen and oxygen atoms in total. The van der Waals surface area contributed by atoms with E-state index >= 15 is 0 Å². The molecule has 0 radical (unpaired) electrons. The normalized spacial score (nSPS) is 18.2. The van der Waals surface area contributed by atoms with E-state index in [-0.39, 0.29) is 5.91 Å². The Morgan fingerprint density at radius 2 is 2.05 bits per heavy atom. The highest BCUT2D eigenvalue weighted by atomic mass is 16.5. The number of hydrogen-bond acceptors (Lipinski definition) is 4. The molecule has 0 aliphatic heterocycles. The van der Waals surface area contributed by atoms with Gasteiger partial charge in [0.05, 0.1) is 7.11 Å². The Kier molecular flexibility index (Phi) is 7.02. The van der Waals surface area contributed by atoms with Gasteiger partial charge in [-0.15, -0.1) is 0 Å². The molecule has 1 N–H and O–H groups in total. The van der Waals surface area contributed by atoms with Gasteiger partial charge in [-0.05, 0) is 31.2 Å². The van der Waals surface area contributed by atoms with Gasteiger partial charge in [0.1, 0.15) is 6.04 Å². The summed E-state index contributed by atoms with van der Waals surface area (Å²) in [7, 11) is 1.31. The summed E-state index contributed by atoms with van der Waals surface area (Å²) in [6.45, 7) is 2.13. The zero-order valence-corrected chi connectivity index (χ0v) is 12.8. The van der Waals surface area contributed by atoms with Gasteiger partial charge in [0.25, 0.3) is 0 Å². The highest BCUT2D eigenvalue weighted by Crippen LogP contribution is 2.39. The first-order chi connectivity index (χ1) is 10.1. The molecule has 1 saturated carbocycles. The molecule has 118 valence electrons. The minimum Gasteiger partial charge on any atom is -0.467 e. The van der Waals surface area contributed by atoms with Gasteiger partial charge in [0.15, 0.2) is 0 Å². The fraction of sp³-hybridized carbons (Fsp3) is 0.857. The van der Waals surface area contributed by atoms with Gasteiger partial charge in [0.2, 0.25) is 5.91 Å². The number of rotatable bonds is 7. The van der Waals surface area contributed by atoms with Crippen molar-refractivity contribution in [1.29, 1.82) is 0 Å².